The molecule has 2 aromatic carbocycles. The molecule has 0 saturated heterocycles. The van der Waals surface area contributed by atoms with Crippen molar-refractivity contribution in [2.45, 2.75) is 13.8 Å². The number of hydrogen-bond acceptors (Lipinski definition) is 5. The summed E-state index contributed by atoms with van der Waals surface area (Å²) in [4.78, 5) is 27.4. The highest BCUT2D eigenvalue weighted by molar-refractivity contribution is 6.23. The number of para-hydroxylation sites is 1. The third kappa shape index (κ3) is 3.03. The third-order valence-corrected chi connectivity index (χ3v) is 4.60. The highest BCUT2D eigenvalue weighted by atomic mass is 16.7. The summed E-state index contributed by atoms with van der Waals surface area (Å²) in [6.07, 6.45) is 1.68. The van der Waals surface area contributed by atoms with Crippen LogP contribution in [-0.2, 0) is 14.3 Å². The molecule has 0 unspecified atom stereocenters. The van der Waals surface area contributed by atoms with Gasteiger partial charge in [-0.1, -0.05) is 24.3 Å². The zero-order valence-corrected chi connectivity index (χ0v) is 15.6. The lowest BCUT2D eigenvalue weighted by molar-refractivity contribution is -0.138. The van der Waals surface area contributed by atoms with Gasteiger partial charge >= 0.3 is 5.97 Å². The van der Waals surface area contributed by atoms with E-state index in [9.17, 15) is 9.59 Å². The molecule has 28 heavy (non-hydrogen) atoms. The Morgan fingerprint density at radius 3 is 2.64 bits per heavy atom. The summed E-state index contributed by atoms with van der Waals surface area (Å²) >= 11 is 0. The third-order valence-electron chi connectivity index (χ3n) is 4.60. The van der Waals surface area contributed by atoms with E-state index in [1.165, 1.54) is 4.90 Å². The number of carbonyl (C=O) groups excluding carboxylic acids is 2. The van der Waals surface area contributed by atoms with Gasteiger partial charge in [-0.05, 0) is 49.8 Å². The number of hydrogen-bond donors (Lipinski definition) is 0. The summed E-state index contributed by atoms with van der Waals surface area (Å²) in [6, 6.07) is 14.6. The molecule has 2 heterocycles. The fraction of sp³-hybridized carbons (Fsp3) is 0.182. The van der Waals surface area contributed by atoms with E-state index in [1.54, 1.807) is 32.1 Å². The summed E-state index contributed by atoms with van der Waals surface area (Å²) in [6.45, 7) is 3.88. The highest BCUT2D eigenvalue weighted by Crippen LogP contribution is 2.37. The predicted octanol–water partition coefficient (Wildman–Crippen LogP) is 3.68. The summed E-state index contributed by atoms with van der Waals surface area (Å²) in [5, 5.41) is 0. The van der Waals surface area contributed by atoms with Gasteiger partial charge in [0.1, 0.15) is 0 Å². The number of benzene rings is 2. The lowest BCUT2D eigenvalue weighted by Crippen LogP contribution is -2.24. The van der Waals surface area contributed by atoms with Crippen molar-refractivity contribution in [3.63, 3.8) is 0 Å². The van der Waals surface area contributed by atoms with Gasteiger partial charge in [0.2, 0.25) is 6.79 Å². The van der Waals surface area contributed by atoms with E-state index in [-0.39, 0.29) is 24.9 Å². The van der Waals surface area contributed by atoms with E-state index in [0.717, 1.165) is 5.56 Å². The Balaban J connectivity index is 1.80. The van der Waals surface area contributed by atoms with E-state index < -0.39 is 5.97 Å². The maximum Gasteiger partial charge on any atom is 0.340 e. The fourth-order valence-electron chi connectivity index (χ4n) is 3.34. The van der Waals surface area contributed by atoms with Gasteiger partial charge in [0.15, 0.2) is 11.5 Å². The van der Waals surface area contributed by atoms with E-state index in [1.807, 2.05) is 36.4 Å². The molecule has 2 aromatic rings. The molecule has 2 aliphatic rings. The molecular weight excluding hydrogens is 358 g/mol. The SMILES string of the molecule is CCOC(=O)C1=C(C)N(c2ccccc2)C(=O)/C1=C\c1ccc2c(c1)OCO2. The highest BCUT2D eigenvalue weighted by Gasteiger charge is 2.38. The lowest BCUT2D eigenvalue weighted by Gasteiger charge is -2.17. The number of rotatable bonds is 4. The van der Waals surface area contributed by atoms with Crippen LogP contribution in [0.25, 0.3) is 6.08 Å². The van der Waals surface area contributed by atoms with Gasteiger partial charge in [-0.2, -0.15) is 0 Å². The van der Waals surface area contributed by atoms with Crippen molar-refractivity contribution < 1.29 is 23.8 Å². The summed E-state index contributed by atoms with van der Waals surface area (Å²) < 4.78 is 15.9. The second-order valence-corrected chi connectivity index (χ2v) is 6.33. The minimum absolute atomic E-state index is 0.170. The van der Waals surface area contributed by atoms with Crippen LogP contribution in [0.2, 0.25) is 0 Å². The normalized spacial score (nSPS) is 16.9. The van der Waals surface area contributed by atoms with Gasteiger partial charge in [0.25, 0.3) is 5.91 Å². The second kappa shape index (κ2) is 7.23. The Morgan fingerprint density at radius 2 is 1.89 bits per heavy atom. The van der Waals surface area contributed by atoms with Crippen LogP contribution in [0, 0.1) is 0 Å². The molecule has 0 N–H and O–H groups in total. The molecule has 0 bridgehead atoms. The van der Waals surface area contributed by atoms with Gasteiger partial charge in [0, 0.05) is 11.4 Å². The van der Waals surface area contributed by atoms with Crippen LogP contribution in [0.5, 0.6) is 11.5 Å². The van der Waals surface area contributed by atoms with E-state index in [0.29, 0.717) is 28.5 Å². The number of esters is 1. The molecule has 0 aliphatic carbocycles. The van der Waals surface area contributed by atoms with Crippen molar-refractivity contribution >= 4 is 23.6 Å². The van der Waals surface area contributed by atoms with Crippen LogP contribution in [-0.4, -0.2) is 25.3 Å². The molecule has 1 amide bonds. The average molecular weight is 377 g/mol. The largest absolute Gasteiger partial charge is 0.462 e. The first-order chi connectivity index (χ1) is 13.6. The quantitative estimate of drug-likeness (QED) is 0.601. The van der Waals surface area contributed by atoms with Crippen LogP contribution in [0.4, 0.5) is 5.69 Å². The maximum absolute atomic E-state index is 13.2. The van der Waals surface area contributed by atoms with Crippen LogP contribution in [0.15, 0.2) is 65.4 Å². The molecule has 6 nitrogen and oxygen atoms in total. The molecular formula is C22H19NO5. The fourth-order valence-corrected chi connectivity index (χ4v) is 3.34. The van der Waals surface area contributed by atoms with Crippen molar-refractivity contribution in [1.82, 2.24) is 0 Å². The number of anilines is 1. The Bertz CT molecular complexity index is 1010. The van der Waals surface area contributed by atoms with E-state index in [2.05, 4.69) is 0 Å². The summed E-state index contributed by atoms with van der Waals surface area (Å²) in [5.41, 5.74) is 2.53. The number of ether oxygens (including phenoxy) is 3. The first kappa shape index (κ1) is 17.9. The molecule has 0 fully saturated rings. The molecule has 0 saturated carbocycles. The summed E-state index contributed by atoms with van der Waals surface area (Å²) in [5.74, 6) is 0.476. The van der Waals surface area contributed by atoms with E-state index in [4.69, 9.17) is 14.2 Å². The maximum atomic E-state index is 13.2. The molecule has 142 valence electrons. The zero-order chi connectivity index (χ0) is 19.7. The smallest absolute Gasteiger partial charge is 0.340 e. The number of carbonyl (C=O) groups is 2. The zero-order valence-electron chi connectivity index (χ0n) is 15.6. The van der Waals surface area contributed by atoms with Crippen molar-refractivity contribution in [2.75, 3.05) is 18.3 Å². The Labute approximate surface area is 162 Å². The Hall–Kier alpha value is -3.54. The minimum atomic E-state index is -0.515. The van der Waals surface area contributed by atoms with Crippen LogP contribution < -0.4 is 14.4 Å². The number of amides is 1. The first-order valence-electron chi connectivity index (χ1n) is 8.99. The lowest BCUT2D eigenvalue weighted by atomic mass is 10.0. The Morgan fingerprint density at radius 1 is 1.14 bits per heavy atom. The van der Waals surface area contributed by atoms with Crippen molar-refractivity contribution in [1.29, 1.82) is 0 Å². The average Bonchev–Trinajstić information content (AvgIpc) is 3.25. The second-order valence-electron chi connectivity index (χ2n) is 6.33. The van der Waals surface area contributed by atoms with Crippen LogP contribution in [0.3, 0.4) is 0 Å². The van der Waals surface area contributed by atoms with Gasteiger partial charge in [-0.15, -0.1) is 0 Å². The number of nitrogens with zero attached hydrogens (tertiary/aromatic N) is 1. The molecule has 4 rings (SSSR count). The van der Waals surface area contributed by atoms with Crippen molar-refractivity contribution in [3.8, 4) is 11.5 Å². The van der Waals surface area contributed by atoms with Gasteiger partial charge in [0.05, 0.1) is 17.8 Å². The van der Waals surface area contributed by atoms with Gasteiger partial charge in [-0.25, -0.2) is 4.79 Å². The molecule has 2 aliphatic heterocycles. The van der Waals surface area contributed by atoms with Gasteiger partial charge in [-0.3, -0.25) is 9.69 Å². The number of allylic oxidation sites excluding steroid dienone is 1. The van der Waals surface area contributed by atoms with Crippen molar-refractivity contribution in [2.24, 2.45) is 0 Å². The van der Waals surface area contributed by atoms with Crippen LogP contribution in [0.1, 0.15) is 19.4 Å². The molecule has 6 heteroatoms. The molecule has 0 spiro atoms. The molecule has 0 atom stereocenters. The van der Waals surface area contributed by atoms with Crippen LogP contribution >= 0.6 is 0 Å². The van der Waals surface area contributed by atoms with Gasteiger partial charge < -0.3 is 14.2 Å². The molecule has 0 radical (unpaired) electrons. The minimum Gasteiger partial charge on any atom is -0.462 e. The summed E-state index contributed by atoms with van der Waals surface area (Å²) in [7, 11) is 0. The van der Waals surface area contributed by atoms with E-state index >= 15 is 0 Å². The monoisotopic (exact) mass is 377 g/mol. The first-order valence-corrected chi connectivity index (χ1v) is 8.99. The standard InChI is InChI=1S/C22H19NO5/c1-3-26-22(25)20-14(2)23(16-7-5-4-6-8-16)21(24)17(20)11-15-9-10-18-19(12-15)28-13-27-18/h4-12H,3,13H2,1-2H3/b17-11-. The Kier molecular flexibility index (Phi) is 4.61. The number of fused-ring (bicyclic) bond motifs is 1. The predicted molar refractivity (Wildman–Crippen MR) is 104 cm³/mol. The topological polar surface area (TPSA) is 65.1 Å². The molecule has 0 aromatic heterocycles. The van der Waals surface area contributed by atoms with Crippen molar-refractivity contribution in [3.05, 3.63) is 70.9 Å².